The van der Waals surface area contributed by atoms with Crippen molar-refractivity contribution in [3.05, 3.63) is 53.9 Å². The highest BCUT2D eigenvalue weighted by atomic mass is 19.3. The molecule has 2 N–H and O–H groups in total. The second kappa shape index (κ2) is 5.86. The number of aromatic nitrogens is 2. The SMILES string of the molecule is O=C(NC(F)(F)c1ccc(F)cc1NC1CC1)c1cncnc1. The highest BCUT2D eigenvalue weighted by Gasteiger charge is 2.37. The van der Waals surface area contributed by atoms with E-state index in [1.807, 2.05) is 0 Å². The molecule has 3 rings (SSSR count). The Morgan fingerprint density at radius 2 is 1.91 bits per heavy atom. The molecule has 1 aromatic carbocycles. The molecule has 1 fully saturated rings. The lowest BCUT2D eigenvalue weighted by atomic mass is 10.1. The molecule has 8 heteroatoms. The molecule has 0 bridgehead atoms. The summed E-state index contributed by atoms with van der Waals surface area (Å²) in [6.45, 7) is 0. The number of amides is 1. The number of halogens is 3. The maximum atomic E-state index is 14.4. The fourth-order valence-electron chi connectivity index (χ4n) is 2.06. The van der Waals surface area contributed by atoms with Gasteiger partial charge in [-0.05, 0) is 31.0 Å². The van der Waals surface area contributed by atoms with E-state index < -0.39 is 23.3 Å². The summed E-state index contributed by atoms with van der Waals surface area (Å²) in [5.74, 6) is -1.65. The van der Waals surface area contributed by atoms with Gasteiger partial charge in [-0.25, -0.2) is 14.4 Å². The summed E-state index contributed by atoms with van der Waals surface area (Å²) in [7, 11) is 0. The van der Waals surface area contributed by atoms with Crippen LogP contribution in [0.15, 0.2) is 36.9 Å². The second-order valence-corrected chi connectivity index (χ2v) is 5.26. The predicted octanol–water partition coefficient (Wildman–Crippen LogP) is 2.67. The van der Waals surface area contributed by atoms with E-state index in [1.54, 1.807) is 5.32 Å². The maximum Gasteiger partial charge on any atom is 0.354 e. The van der Waals surface area contributed by atoms with Gasteiger partial charge in [0.25, 0.3) is 5.91 Å². The smallest absolute Gasteiger partial charge is 0.354 e. The molecular weight excluding hydrogens is 309 g/mol. The first kappa shape index (κ1) is 15.3. The van der Waals surface area contributed by atoms with Gasteiger partial charge in [-0.2, -0.15) is 8.78 Å². The molecule has 1 amide bonds. The van der Waals surface area contributed by atoms with Gasteiger partial charge in [0.1, 0.15) is 12.1 Å². The van der Waals surface area contributed by atoms with Crippen LogP contribution in [-0.2, 0) is 6.05 Å². The second-order valence-electron chi connectivity index (χ2n) is 5.26. The van der Waals surface area contributed by atoms with Crippen LogP contribution in [0, 0.1) is 5.82 Å². The monoisotopic (exact) mass is 322 g/mol. The number of rotatable bonds is 5. The van der Waals surface area contributed by atoms with Crippen molar-refractivity contribution in [3.63, 3.8) is 0 Å². The molecule has 1 aromatic heterocycles. The van der Waals surface area contributed by atoms with Crippen molar-refractivity contribution in [2.75, 3.05) is 5.32 Å². The Bertz CT molecular complexity index is 720. The number of benzene rings is 1. The number of hydrogen-bond donors (Lipinski definition) is 2. The number of carbonyl (C=O) groups excluding carboxylic acids is 1. The summed E-state index contributed by atoms with van der Waals surface area (Å²) in [4.78, 5) is 19.1. The van der Waals surface area contributed by atoms with E-state index in [4.69, 9.17) is 0 Å². The Labute approximate surface area is 130 Å². The van der Waals surface area contributed by atoms with E-state index in [1.165, 1.54) is 6.33 Å². The largest absolute Gasteiger partial charge is 0.382 e. The lowest BCUT2D eigenvalue weighted by Gasteiger charge is -2.21. The lowest BCUT2D eigenvalue weighted by Crippen LogP contribution is -2.39. The Kier molecular flexibility index (Phi) is 3.89. The van der Waals surface area contributed by atoms with E-state index in [2.05, 4.69) is 15.3 Å². The molecule has 2 aromatic rings. The van der Waals surface area contributed by atoms with Crippen molar-refractivity contribution in [2.24, 2.45) is 0 Å². The zero-order valence-electron chi connectivity index (χ0n) is 11.9. The van der Waals surface area contributed by atoms with Gasteiger partial charge < -0.3 is 5.32 Å². The highest BCUT2D eigenvalue weighted by molar-refractivity contribution is 5.94. The Morgan fingerprint density at radius 1 is 1.22 bits per heavy atom. The molecule has 0 saturated heterocycles. The molecule has 0 atom stereocenters. The molecule has 0 radical (unpaired) electrons. The van der Waals surface area contributed by atoms with E-state index in [9.17, 15) is 18.0 Å². The number of alkyl halides is 2. The lowest BCUT2D eigenvalue weighted by molar-refractivity contribution is -0.0327. The number of nitrogens with zero attached hydrogens (tertiary/aromatic N) is 2. The van der Waals surface area contributed by atoms with Gasteiger partial charge in [-0.15, -0.1) is 0 Å². The molecule has 1 heterocycles. The zero-order valence-corrected chi connectivity index (χ0v) is 11.9. The van der Waals surface area contributed by atoms with Crippen LogP contribution in [0.5, 0.6) is 0 Å². The Hall–Kier alpha value is -2.64. The third kappa shape index (κ3) is 3.58. The third-order valence-corrected chi connectivity index (χ3v) is 3.35. The Balaban J connectivity index is 1.85. The van der Waals surface area contributed by atoms with Crippen molar-refractivity contribution in [1.82, 2.24) is 15.3 Å². The summed E-state index contributed by atoms with van der Waals surface area (Å²) in [6, 6.07) is -0.720. The van der Waals surface area contributed by atoms with Crippen molar-refractivity contribution >= 4 is 11.6 Å². The quantitative estimate of drug-likeness (QED) is 0.831. The van der Waals surface area contributed by atoms with Gasteiger partial charge in [-0.1, -0.05) is 0 Å². The fraction of sp³-hybridized carbons (Fsp3) is 0.267. The average molecular weight is 322 g/mol. The van der Waals surface area contributed by atoms with Gasteiger partial charge >= 0.3 is 6.05 Å². The number of anilines is 1. The summed E-state index contributed by atoms with van der Waals surface area (Å²) >= 11 is 0. The number of carbonyl (C=O) groups is 1. The van der Waals surface area contributed by atoms with Crippen molar-refractivity contribution in [2.45, 2.75) is 24.9 Å². The van der Waals surface area contributed by atoms with Gasteiger partial charge in [-0.3, -0.25) is 10.1 Å². The van der Waals surface area contributed by atoms with Crippen LogP contribution >= 0.6 is 0 Å². The fourth-order valence-corrected chi connectivity index (χ4v) is 2.06. The van der Waals surface area contributed by atoms with Crippen molar-refractivity contribution in [1.29, 1.82) is 0 Å². The third-order valence-electron chi connectivity index (χ3n) is 3.35. The molecule has 1 aliphatic carbocycles. The first-order valence-corrected chi connectivity index (χ1v) is 6.97. The molecule has 0 unspecified atom stereocenters. The first-order valence-electron chi connectivity index (χ1n) is 6.97. The van der Waals surface area contributed by atoms with Crippen LogP contribution in [0.4, 0.5) is 18.9 Å². The number of hydrogen-bond acceptors (Lipinski definition) is 4. The molecule has 120 valence electrons. The first-order chi connectivity index (χ1) is 11.0. The van der Waals surface area contributed by atoms with Gasteiger partial charge in [0.05, 0.1) is 11.1 Å². The average Bonchev–Trinajstić information content (AvgIpc) is 3.31. The van der Waals surface area contributed by atoms with Crippen LogP contribution in [-0.4, -0.2) is 21.9 Å². The summed E-state index contributed by atoms with van der Waals surface area (Å²) in [5.41, 5.74) is -0.607. The van der Waals surface area contributed by atoms with Crippen LogP contribution in [0.25, 0.3) is 0 Å². The van der Waals surface area contributed by atoms with Crippen LogP contribution in [0.3, 0.4) is 0 Å². The van der Waals surface area contributed by atoms with E-state index in [0.29, 0.717) is 0 Å². The Morgan fingerprint density at radius 3 is 2.57 bits per heavy atom. The van der Waals surface area contributed by atoms with Gasteiger partial charge in [0.2, 0.25) is 0 Å². The molecule has 0 aliphatic heterocycles. The van der Waals surface area contributed by atoms with E-state index in [0.717, 1.165) is 43.4 Å². The minimum Gasteiger partial charge on any atom is -0.382 e. The molecule has 1 aliphatic rings. The summed E-state index contributed by atoms with van der Waals surface area (Å²) in [5, 5.41) is 4.48. The number of nitrogens with one attached hydrogen (secondary N) is 2. The molecule has 1 saturated carbocycles. The van der Waals surface area contributed by atoms with Crippen molar-refractivity contribution in [3.8, 4) is 0 Å². The predicted molar refractivity (Wildman–Crippen MR) is 76.4 cm³/mol. The molecule has 0 spiro atoms. The molecular formula is C15H13F3N4O. The van der Waals surface area contributed by atoms with E-state index >= 15 is 0 Å². The normalized spacial score (nSPS) is 14.4. The minimum absolute atomic E-state index is 0.0258. The minimum atomic E-state index is -3.67. The topological polar surface area (TPSA) is 66.9 Å². The van der Waals surface area contributed by atoms with Crippen LogP contribution < -0.4 is 10.6 Å². The highest BCUT2D eigenvalue weighted by Crippen LogP contribution is 2.35. The summed E-state index contributed by atoms with van der Waals surface area (Å²) < 4.78 is 42.2. The van der Waals surface area contributed by atoms with Crippen molar-refractivity contribution < 1.29 is 18.0 Å². The van der Waals surface area contributed by atoms with Crippen LogP contribution in [0.2, 0.25) is 0 Å². The summed E-state index contributed by atoms with van der Waals surface area (Å²) in [6.07, 6.45) is 5.13. The van der Waals surface area contributed by atoms with Crippen LogP contribution in [0.1, 0.15) is 28.8 Å². The van der Waals surface area contributed by atoms with Gasteiger partial charge in [0, 0.05) is 24.1 Å². The molecule has 23 heavy (non-hydrogen) atoms. The zero-order chi connectivity index (χ0) is 16.4. The standard InChI is InChI=1S/C15H13F3N4O/c16-10-1-4-12(13(5-10)21-11-2-3-11)15(17,18)22-14(23)9-6-19-8-20-7-9/h1,4-8,11,21H,2-3H2,(H,22,23). The van der Waals surface area contributed by atoms with Gasteiger partial charge in [0.15, 0.2) is 0 Å². The van der Waals surface area contributed by atoms with E-state index in [-0.39, 0.29) is 17.3 Å². The molecule has 5 nitrogen and oxygen atoms in total. The maximum absolute atomic E-state index is 14.4.